The zero-order valence-electron chi connectivity index (χ0n) is 8.77. The van der Waals surface area contributed by atoms with Crippen LogP contribution in [0, 0.1) is 18.3 Å². The molecule has 5 heteroatoms. The van der Waals surface area contributed by atoms with Gasteiger partial charge in [-0.2, -0.15) is 5.26 Å². The number of rotatable bonds is 3. The van der Waals surface area contributed by atoms with Crippen molar-refractivity contribution in [2.45, 2.75) is 13.5 Å². The molecule has 2 aromatic heterocycles. The Kier molecular flexibility index (Phi) is 2.83. The van der Waals surface area contributed by atoms with Gasteiger partial charge in [0.15, 0.2) is 0 Å². The maximum atomic E-state index is 8.68. The summed E-state index contributed by atoms with van der Waals surface area (Å²) in [6.45, 7) is 2.41. The lowest BCUT2D eigenvalue weighted by atomic mass is 10.3. The molecule has 1 N–H and O–H groups in total. The lowest BCUT2D eigenvalue weighted by Gasteiger charge is -2.02. The van der Waals surface area contributed by atoms with E-state index >= 15 is 0 Å². The molecule has 2 heterocycles. The Morgan fingerprint density at radius 3 is 3.06 bits per heavy atom. The normalized spacial score (nSPS) is 9.75. The molecular weight excluding hydrogens is 204 g/mol. The Labute approximate surface area is 92.7 Å². The van der Waals surface area contributed by atoms with Crippen LogP contribution in [0.1, 0.15) is 17.1 Å². The Balaban J connectivity index is 2.02. The molecule has 0 aromatic carbocycles. The molecule has 0 bridgehead atoms. The van der Waals surface area contributed by atoms with Gasteiger partial charge in [-0.15, -0.1) is 0 Å². The highest BCUT2D eigenvalue weighted by atomic mass is 16.5. The average molecular weight is 214 g/mol. The third-order valence-corrected chi connectivity index (χ3v) is 2.02. The van der Waals surface area contributed by atoms with Crippen molar-refractivity contribution >= 4 is 5.69 Å². The molecule has 0 aliphatic heterocycles. The molecule has 0 fully saturated rings. The minimum absolute atomic E-state index is 0.390. The predicted octanol–water partition coefficient (Wildman–Crippen LogP) is 1.86. The molecule has 0 aliphatic carbocycles. The van der Waals surface area contributed by atoms with Crippen LogP contribution in [-0.2, 0) is 6.54 Å². The first-order chi connectivity index (χ1) is 7.78. The maximum Gasteiger partial charge on any atom is 0.142 e. The first-order valence-electron chi connectivity index (χ1n) is 4.80. The van der Waals surface area contributed by atoms with E-state index in [1.807, 2.05) is 19.1 Å². The van der Waals surface area contributed by atoms with E-state index in [-0.39, 0.29) is 0 Å². The van der Waals surface area contributed by atoms with Gasteiger partial charge >= 0.3 is 0 Å². The highest BCUT2D eigenvalue weighted by molar-refractivity contribution is 5.45. The largest absolute Gasteiger partial charge is 0.379 e. The summed E-state index contributed by atoms with van der Waals surface area (Å²) >= 11 is 0. The quantitative estimate of drug-likeness (QED) is 0.844. The van der Waals surface area contributed by atoms with Crippen LogP contribution in [0.25, 0.3) is 0 Å². The summed E-state index contributed by atoms with van der Waals surface area (Å²) in [6, 6.07) is 7.33. The second-order valence-corrected chi connectivity index (χ2v) is 3.32. The van der Waals surface area contributed by atoms with Crippen molar-refractivity contribution < 1.29 is 4.52 Å². The molecule has 0 amide bonds. The smallest absolute Gasteiger partial charge is 0.142 e. The molecule has 16 heavy (non-hydrogen) atoms. The highest BCUT2D eigenvalue weighted by Crippen LogP contribution is 2.09. The van der Waals surface area contributed by atoms with Gasteiger partial charge in [-0.3, -0.25) is 0 Å². The van der Waals surface area contributed by atoms with Crippen LogP contribution in [0.15, 0.2) is 28.9 Å². The van der Waals surface area contributed by atoms with Crippen LogP contribution in [0.3, 0.4) is 0 Å². The fourth-order valence-corrected chi connectivity index (χ4v) is 1.30. The zero-order valence-corrected chi connectivity index (χ0v) is 8.77. The molecule has 0 aliphatic rings. The Morgan fingerprint density at radius 1 is 1.50 bits per heavy atom. The standard InChI is InChI=1S/C11H10N4O/c1-8-4-11(15-16-8)7-14-9-2-3-13-10(5-9)6-12/h2-5H,7H2,1H3,(H,13,14). The molecular formula is C11H10N4O. The summed E-state index contributed by atoms with van der Waals surface area (Å²) in [6.07, 6.45) is 1.59. The van der Waals surface area contributed by atoms with Crippen LogP contribution >= 0.6 is 0 Å². The maximum absolute atomic E-state index is 8.68. The van der Waals surface area contributed by atoms with Crippen LogP contribution < -0.4 is 5.32 Å². The Hall–Kier alpha value is -2.35. The molecule has 5 nitrogen and oxygen atoms in total. The number of aromatic nitrogens is 2. The van der Waals surface area contributed by atoms with Crippen molar-refractivity contribution in [3.8, 4) is 6.07 Å². The van der Waals surface area contributed by atoms with E-state index in [1.54, 1.807) is 18.3 Å². The summed E-state index contributed by atoms with van der Waals surface area (Å²) in [5.74, 6) is 0.782. The molecule has 0 unspecified atom stereocenters. The second-order valence-electron chi connectivity index (χ2n) is 3.32. The highest BCUT2D eigenvalue weighted by Gasteiger charge is 2.00. The number of nitrogens with one attached hydrogen (secondary N) is 1. The van der Waals surface area contributed by atoms with Crippen molar-refractivity contribution in [3.63, 3.8) is 0 Å². The average Bonchev–Trinajstić information content (AvgIpc) is 2.73. The van der Waals surface area contributed by atoms with Gasteiger partial charge in [0, 0.05) is 18.0 Å². The van der Waals surface area contributed by atoms with Gasteiger partial charge in [0.1, 0.15) is 23.2 Å². The van der Waals surface area contributed by atoms with E-state index in [2.05, 4.69) is 15.5 Å². The van der Waals surface area contributed by atoms with E-state index in [4.69, 9.17) is 9.78 Å². The minimum atomic E-state index is 0.390. The molecule has 2 aromatic rings. The number of pyridine rings is 1. The Morgan fingerprint density at radius 2 is 2.38 bits per heavy atom. The molecule has 80 valence electrons. The van der Waals surface area contributed by atoms with Gasteiger partial charge < -0.3 is 9.84 Å². The van der Waals surface area contributed by atoms with Crippen molar-refractivity contribution in [3.05, 3.63) is 41.5 Å². The second kappa shape index (κ2) is 4.45. The van der Waals surface area contributed by atoms with Crippen molar-refractivity contribution in [1.29, 1.82) is 5.26 Å². The summed E-state index contributed by atoms with van der Waals surface area (Å²) in [5, 5.41) is 15.7. The van der Waals surface area contributed by atoms with E-state index in [1.165, 1.54) is 0 Å². The predicted molar refractivity (Wildman–Crippen MR) is 57.5 cm³/mol. The SMILES string of the molecule is Cc1cc(CNc2ccnc(C#N)c2)no1. The third kappa shape index (κ3) is 2.36. The molecule has 0 spiro atoms. The van der Waals surface area contributed by atoms with E-state index in [0.717, 1.165) is 17.1 Å². The number of anilines is 1. The van der Waals surface area contributed by atoms with Gasteiger partial charge in [-0.05, 0) is 19.1 Å². The van der Waals surface area contributed by atoms with Gasteiger partial charge in [0.25, 0.3) is 0 Å². The van der Waals surface area contributed by atoms with E-state index < -0.39 is 0 Å². The minimum Gasteiger partial charge on any atom is -0.379 e. The van der Waals surface area contributed by atoms with E-state index in [9.17, 15) is 0 Å². The number of nitrogens with zero attached hydrogens (tertiary/aromatic N) is 3. The number of nitriles is 1. The first kappa shape index (κ1) is 10.2. The van der Waals surface area contributed by atoms with Gasteiger partial charge in [0.2, 0.25) is 0 Å². The lowest BCUT2D eigenvalue weighted by Crippen LogP contribution is -2.00. The third-order valence-electron chi connectivity index (χ3n) is 2.02. The fraction of sp³-hybridized carbons (Fsp3) is 0.182. The summed E-state index contributed by atoms with van der Waals surface area (Å²) < 4.78 is 4.94. The number of hydrogen-bond acceptors (Lipinski definition) is 5. The lowest BCUT2D eigenvalue weighted by molar-refractivity contribution is 0.391. The van der Waals surface area contributed by atoms with Gasteiger partial charge in [-0.1, -0.05) is 5.16 Å². The van der Waals surface area contributed by atoms with Gasteiger partial charge in [0.05, 0.1) is 6.54 Å². The van der Waals surface area contributed by atoms with Crippen molar-refractivity contribution in [2.75, 3.05) is 5.32 Å². The monoisotopic (exact) mass is 214 g/mol. The Bertz CT molecular complexity index is 527. The molecule has 0 radical (unpaired) electrons. The summed E-state index contributed by atoms with van der Waals surface area (Å²) in [5.41, 5.74) is 2.06. The van der Waals surface area contributed by atoms with Crippen LogP contribution in [-0.4, -0.2) is 10.1 Å². The number of hydrogen-bond donors (Lipinski definition) is 1. The van der Waals surface area contributed by atoms with Gasteiger partial charge in [-0.25, -0.2) is 4.98 Å². The summed E-state index contributed by atoms with van der Waals surface area (Å²) in [4.78, 5) is 3.88. The number of aryl methyl sites for hydroxylation is 1. The molecule has 2 rings (SSSR count). The first-order valence-corrected chi connectivity index (χ1v) is 4.80. The van der Waals surface area contributed by atoms with Crippen molar-refractivity contribution in [1.82, 2.24) is 10.1 Å². The van der Waals surface area contributed by atoms with Crippen molar-refractivity contribution in [2.24, 2.45) is 0 Å². The molecule has 0 saturated heterocycles. The molecule has 0 saturated carbocycles. The summed E-state index contributed by atoms with van der Waals surface area (Å²) in [7, 11) is 0. The zero-order chi connectivity index (χ0) is 11.4. The van der Waals surface area contributed by atoms with Crippen LogP contribution in [0.4, 0.5) is 5.69 Å². The van der Waals surface area contributed by atoms with E-state index in [0.29, 0.717) is 12.2 Å². The fourth-order valence-electron chi connectivity index (χ4n) is 1.30. The molecule has 0 atom stereocenters. The van der Waals surface area contributed by atoms with Crippen LogP contribution in [0.5, 0.6) is 0 Å². The topological polar surface area (TPSA) is 74.7 Å². The van der Waals surface area contributed by atoms with Crippen LogP contribution in [0.2, 0.25) is 0 Å².